The molecule has 0 aliphatic heterocycles. The van der Waals surface area contributed by atoms with Crippen molar-refractivity contribution in [3.63, 3.8) is 0 Å². The van der Waals surface area contributed by atoms with Gasteiger partial charge in [0.05, 0.1) is 5.56 Å². The van der Waals surface area contributed by atoms with E-state index in [0.717, 1.165) is 11.1 Å². The molecule has 2 rings (SSSR count). The smallest absolute Gasteiger partial charge is 0.138 e. The van der Waals surface area contributed by atoms with E-state index in [1.165, 1.54) is 6.07 Å². The second-order valence-corrected chi connectivity index (χ2v) is 4.91. The molecule has 0 spiro atoms. The van der Waals surface area contributed by atoms with E-state index >= 15 is 0 Å². The number of aryl methyl sites for hydroxylation is 1. The topological polar surface area (TPSA) is 29.5 Å². The summed E-state index contributed by atoms with van der Waals surface area (Å²) in [7, 11) is 0. The zero-order chi connectivity index (χ0) is 15.2. The molecule has 0 fully saturated rings. The molecule has 0 aromatic heterocycles. The van der Waals surface area contributed by atoms with Gasteiger partial charge in [0.25, 0.3) is 0 Å². The number of rotatable bonds is 3. The highest BCUT2D eigenvalue weighted by molar-refractivity contribution is 6.30. The van der Waals surface area contributed by atoms with E-state index in [9.17, 15) is 4.39 Å². The predicted octanol–water partition coefficient (Wildman–Crippen LogP) is 3.71. The van der Waals surface area contributed by atoms with Crippen LogP contribution in [0.4, 0.5) is 4.39 Å². The highest BCUT2D eigenvalue weighted by Gasteiger charge is 2.04. The lowest BCUT2D eigenvalue weighted by atomic mass is 10.1. The fourth-order valence-electron chi connectivity index (χ4n) is 1.78. The van der Waals surface area contributed by atoms with Crippen LogP contribution in [0.15, 0.2) is 36.4 Å². The summed E-state index contributed by atoms with van der Waals surface area (Å²) in [4.78, 5) is 0. The molecule has 2 nitrogen and oxygen atoms in total. The van der Waals surface area contributed by atoms with E-state index < -0.39 is 5.82 Å². The molecular formula is C17H14ClFO2. The second-order valence-electron chi connectivity index (χ2n) is 4.47. The van der Waals surface area contributed by atoms with Crippen LogP contribution in [0, 0.1) is 24.6 Å². The van der Waals surface area contributed by atoms with E-state index in [0.29, 0.717) is 10.8 Å². The normalized spacial score (nSPS) is 9.90. The van der Waals surface area contributed by atoms with Gasteiger partial charge in [0.15, 0.2) is 0 Å². The van der Waals surface area contributed by atoms with Gasteiger partial charge in [-0.05, 0) is 42.3 Å². The lowest BCUT2D eigenvalue weighted by Crippen LogP contribution is -1.98. The molecule has 0 bridgehead atoms. The molecule has 2 aromatic carbocycles. The van der Waals surface area contributed by atoms with E-state index in [-0.39, 0.29) is 18.8 Å². The van der Waals surface area contributed by atoms with Gasteiger partial charge >= 0.3 is 0 Å². The Hall–Kier alpha value is -2.02. The summed E-state index contributed by atoms with van der Waals surface area (Å²) in [5.74, 6) is 5.27. The van der Waals surface area contributed by atoms with E-state index in [1.807, 2.05) is 13.0 Å². The molecule has 0 aliphatic carbocycles. The number of ether oxygens (including phenoxy) is 1. The SMILES string of the molecule is Cc1ccc(Cl)cc1OCc1ccc(F)c(C#CCO)c1. The van der Waals surface area contributed by atoms with Crippen LogP contribution in [0.3, 0.4) is 0 Å². The molecule has 0 saturated carbocycles. The van der Waals surface area contributed by atoms with Crippen LogP contribution in [0.5, 0.6) is 5.75 Å². The standard InChI is InChI=1S/C17H14ClFO2/c1-12-4-6-15(18)10-17(12)21-11-13-5-7-16(19)14(9-13)3-2-8-20/h4-7,9-10,20H,8,11H2,1H3. The summed E-state index contributed by atoms with van der Waals surface area (Å²) >= 11 is 5.93. The summed E-state index contributed by atoms with van der Waals surface area (Å²) in [5, 5.41) is 9.26. The first kappa shape index (κ1) is 15.4. The molecule has 108 valence electrons. The number of aliphatic hydroxyl groups is 1. The zero-order valence-electron chi connectivity index (χ0n) is 11.5. The summed E-state index contributed by atoms with van der Waals surface area (Å²) < 4.78 is 19.2. The minimum absolute atomic E-state index is 0.243. The Bertz CT molecular complexity index is 702. The van der Waals surface area contributed by atoms with Crippen LogP contribution in [0.25, 0.3) is 0 Å². The minimum Gasteiger partial charge on any atom is -0.489 e. The minimum atomic E-state index is -0.418. The van der Waals surface area contributed by atoms with Crippen LogP contribution < -0.4 is 4.74 Å². The van der Waals surface area contributed by atoms with Crippen LogP contribution >= 0.6 is 11.6 Å². The first-order chi connectivity index (χ1) is 10.1. The third-order valence-corrected chi connectivity index (χ3v) is 3.11. The maximum Gasteiger partial charge on any atom is 0.138 e. The van der Waals surface area contributed by atoms with Crippen molar-refractivity contribution in [3.05, 3.63) is 63.9 Å². The lowest BCUT2D eigenvalue weighted by molar-refractivity contribution is 0.304. The second kappa shape index (κ2) is 7.12. The lowest BCUT2D eigenvalue weighted by Gasteiger charge is -2.10. The fourth-order valence-corrected chi connectivity index (χ4v) is 1.95. The number of aliphatic hydroxyl groups excluding tert-OH is 1. The summed E-state index contributed by atoms with van der Waals surface area (Å²) in [6, 6.07) is 10.00. The van der Waals surface area contributed by atoms with Gasteiger partial charge in [0.1, 0.15) is 24.8 Å². The molecule has 21 heavy (non-hydrogen) atoms. The molecule has 4 heteroatoms. The van der Waals surface area contributed by atoms with Crippen molar-refractivity contribution >= 4 is 11.6 Å². The molecule has 0 saturated heterocycles. The summed E-state index contributed by atoms with van der Waals surface area (Å²) in [5.41, 5.74) is 2.01. The van der Waals surface area contributed by atoms with Crippen molar-refractivity contribution in [2.24, 2.45) is 0 Å². The van der Waals surface area contributed by atoms with Crippen LogP contribution in [0.1, 0.15) is 16.7 Å². The van der Waals surface area contributed by atoms with Gasteiger partial charge in [-0.2, -0.15) is 0 Å². The van der Waals surface area contributed by atoms with Gasteiger partial charge in [-0.15, -0.1) is 0 Å². The molecule has 0 unspecified atom stereocenters. The van der Waals surface area contributed by atoms with Crippen molar-refractivity contribution in [2.45, 2.75) is 13.5 Å². The Kier molecular flexibility index (Phi) is 5.21. The van der Waals surface area contributed by atoms with Gasteiger partial charge < -0.3 is 9.84 Å². The highest BCUT2D eigenvalue weighted by atomic mass is 35.5. The number of benzene rings is 2. The highest BCUT2D eigenvalue weighted by Crippen LogP contribution is 2.23. The zero-order valence-corrected chi connectivity index (χ0v) is 12.2. The van der Waals surface area contributed by atoms with Crippen molar-refractivity contribution in [2.75, 3.05) is 6.61 Å². The van der Waals surface area contributed by atoms with Crippen molar-refractivity contribution < 1.29 is 14.2 Å². The monoisotopic (exact) mass is 304 g/mol. The molecular weight excluding hydrogens is 291 g/mol. The summed E-state index contributed by atoms with van der Waals surface area (Å²) in [6.07, 6.45) is 0. The molecule has 2 aromatic rings. The number of hydrogen-bond acceptors (Lipinski definition) is 2. The Labute approximate surface area is 128 Å². The summed E-state index contributed by atoms with van der Waals surface area (Å²) in [6.45, 7) is 1.91. The van der Waals surface area contributed by atoms with Gasteiger partial charge in [-0.25, -0.2) is 4.39 Å². The molecule has 0 amide bonds. The molecule has 0 atom stereocenters. The van der Waals surface area contributed by atoms with Crippen LogP contribution in [-0.4, -0.2) is 11.7 Å². The van der Waals surface area contributed by atoms with E-state index in [1.54, 1.807) is 24.3 Å². The maximum atomic E-state index is 13.5. The van der Waals surface area contributed by atoms with Crippen LogP contribution in [-0.2, 0) is 6.61 Å². The Morgan fingerprint density at radius 2 is 2.05 bits per heavy atom. The predicted molar refractivity (Wildman–Crippen MR) is 80.9 cm³/mol. The first-order valence-corrected chi connectivity index (χ1v) is 6.75. The average Bonchev–Trinajstić information content (AvgIpc) is 2.48. The van der Waals surface area contributed by atoms with Crippen LogP contribution in [0.2, 0.25) is 5.02 Å². The van der Waals surface area contributed by atoms with Gasteiger partial charge in [0.2, 0.25) is 0 Å². The van der Waals surface area contributed by atoms with E-state index in [2.05, 4.69) is 11.8 Å². The third kappa shape index (κ3) is 4.22. The Morgan fingerprint density at radius 3 is 2.81 bits per heavy atom. The Balaban J connectivity index is 2.15. The Morgan fingerprint density at radius 1 is 1.24 bits per heavy atom. The van der Waals surface area contributed by atoms with Crippen molar-refractivity contribution in [3.8, 4) is 17.6 Å². The van der Waals surface area contributed by atoms with E-state index in [4.69, 9.17) is 21.4 Å². The number of hydrogen-bond donors (Lipinski definition) is 1. The van der Waals surface area contributed by atoms with Crippen molar-refractivity contribution in [1.29, 1.82) is 0 Å². The fraction of sp³-hybridized carbons (Fsp3) is 0.176. The molecule has 1 N–H and O–H groups in total. The molecule has 0 radical (unpaired) electrons. The van der Waals surface area contributed by atoms with Gasteiger partial charge in [-0.1, -0.05) is 35.6 Å². The molecule has 0 aliphatic rings. The van der Waals surface area contributed by atoms with Gasteiger partial charge in [-0.3, -0.25) is 0 Å². The number of halogens is 2. The largest absolute Gasteiger partial charge is 0.489 e. The van der Waals surface area contributed by atoms with Gasteiger partial charge in [0, 0.05) is 5.02 Å². The maximum absolute atomic E-state index is 13.5. The van der Waals surface area contributed by atoms with Crippen molar-refractivity contribution in [1.82, 2.24) is 0 Å². The molecule has 0 heterocycles. The average molecular weight is 305 g/mol. The third-order valence-electron chi connectivity index (χ3n) is 2.88. The first-order valence-electron chi connectivity index (χ1n) is 6.37. The quantitative estimate of drug-likeness (QED) is 0.876.